The van der Waals surface area contributed by atoms with Gasteiger partial charge in [0.15, 0.2) is 5.78 Å². The van der Waals surface area contributed by atoms with E-state index in [9.17, 15) is 9.59 Å². The molecular formula is C37H33N4O4+. The van der Waals surface area contributed by atoms with E-state index >= 15 is 0 Å². The van der Waals surface area contributed by atoms with Gasteiger partial charge in [0, 0.05) is 40.9 Å². The molecule has 1 amide bonds. The molecule has 3 aromatic carbocycles. The van der Waals surface area contributed by atoms with Gasteiger partial charge in [-0.15, -0.1) is 0 Å². The first-order valence-corrected chi connectivity index (χ1v) is 14.8. The minimum absolute atomic E-state index is 0.00498. The molecule has 45 heavy (non-hydrogen) atoms. The van der Waals surface area contributed by atoms with Crippen LogP contribution in [0.15, 0.2) is 121 Å². The van der Waals surface area contributed by atoms with Crippen molar-refractivity contribution in [1.29, 1.82) is 5.26 Å². The number of Topliss-reactive ketones (excluding diaryl/α,β-unsaturated/α-hetero) is 1. The number of allylic oxidation sites excluding steroid dienone is 2. The molecule has 1 aromatic heterocycles. The number of ether oxygens (including phenoxy) is 2. The Labute approximate surface area is 262 Å². The standard InChI is InChI=1S/C37H32N4O4/c1-23-34(37(43)41-33-10-6-7-17-39-33)35(36-30(40-23)19-27(20-31(36)42)25-8-4-3-5-9-25)26-13-16-32(44-2)28(18-26)22-45-29-14-11-24(21-38)12-15-29/h3-18,27,34-35,40H,1,19-20,22H2,2H3,(H,39,41,43)/p+1. The number of methoxy groups -OCH3 is 1. The maximum absolute atomic E-state index is 14.1. The molecule has 0 fully saturated rings. The van der Waals surface area contributed by atoms with Crippen molar-refractivity contribution in [2.75, 3.05) is 12.4 Å². The average Bonchev–Trinajstić information content (AvgIpc) is 3.07. The zero-order chi connectivity index (χ0) is 31.3. The molecule has 2 aliphatic rings. The number of pyridine rings is 1. The van der Waals surface area contributed by atoms with Gasteiger partial charge in [-0.2, -0.15) is 5.26 Å². The van der Waals surface area contributed by atoms with Gasteiger partial charge < -0.3 is 14.8 Å². The highest BCUT2D eigenvalue weighted by atomic mass is 16.5. The quantitative estimate of drug-likeness (QED) is 0.265. The Morgan fingerprint density at radius 2 is 1.80 bits per heavy atom. The zero-order valence-corrected chi connectivity index (χ0v) is 24.9. The van der Waals surface area contributed by atoms with Crippen molar-refractivity contribution < 1.29 is 24.0 Å². The number of hydrogen-bond acceptors (Lipinski definition) is 6. The summed E-state index contributed by atoms with van der Waals surface area (Å²) in [4.78, 5) is 31.1. The molecule has 0 saturated carbocycles. The van der Waals surface area contributed by atoms with E-state index in [4.69, 9.17) is 14.7 Å². The number of nitrogens with zero attached hydrogens (tertiary/aromatic N) is 1. The summed E-state index contributed by atoms with van der Waals surface area (Å²) in [6.07, 6.45) is 2.71. The number of nitriles is 1. The van der Waals surface area contributed by atoms with Gasteiger partial charge in [-0.05, 0) is 65.9 Å². The second-order valence-corrected chi connectivity index (χ2v) is 11.2. The maximum atomic E-state index is 14.1. The molecule has 6 rings (SSSR count). The highest BCUT2D eigenvalue weighted by Crippen LogP contribution is 2.47. The van der Waals surface area contributed by atoms with Crippen LogP contribution < -0.4 is 25.1 Å². The molecule has 224 valence electrons. The lowest BCUT2D eigenvalue weighted by atomic mass is 9.68. The number of aromatic nitrogens is 1. The van der Waals surface area contributed by atoms with E-state index in [1.807, 2.05) is 48.5 Å². The van der Waals surface area contributed by atoms with E-state index in [1.165, 1.54) is 0 Å². The Balaban J connectivity index is 1.39. The summed E-state index contributed by atoms with van der Waals surface area (Å²) in [5, 5.41) is 15.5. The molecule has 8 nitrogen and oxygen atoms in total. The Hall–Kier alpha value is -5.68. The van der Waals surface area contributed by atoms with Gasteiger partial charge >= 0.3 is 5.91 Å². The van der Waals surface area contributed by atoms with Crippen molar-refractivity contribution >= 4 is 17.5 Å². The van der Waals surface area contributed by atoms with Crippen molar-refractivity contribution in [3.63, 3.8) is 0 Å². The average molecular weight is 598 g/mol. The lowest BCUT2D eigenvalue weighted by molar-refractivity contribution is -0.360. The fourth-order valence-electron chi connectivity index (χ4n) is 6.25. The van der Waals surface area contributed by atoms with Crippen molar-refractivity contribution in [3.8, 4) is 17.6 Å². The van der Waals surface area contributed by atoms with Crippen molar-refractivity contribution in [1.82, 2.24) is 5.32 Å². The van der Waals surface area contributed by atoms with E-state index in [2.05, 4.69) is 40.4 Å². The lowest BCUT2D eigenvalue weighted by Gasteiger charge is -2.39. The molecule has 8 heteroatoms. The number of aromatic amines is 1. The van der Waals surface area contributed by atoms with Crippen LogP contribution >= 0.6 is 0 Å². The smallest absolute Gasteiger partial charge is 0.317 e. The van der Waals surface area contributed by atoms with Gasteiger partial charge in [0.2, 0.25) is 0 Å². The predicted octanol–water partition coefficient (Wildman–Crippen LogP) is 5.82. The van der Waals surface area contributed by atoms with Crippen LogP contribution in [0.5, 0.6) is 11.5 Å². The fourth-order valence-corrected chi connectivity index (χ4v) is 6.25. The topological polar surface area (TPSA) is 115 Å². The van der Waals surface area contributed by atoms with Gasteiger partial charge in [0.1, 0.15) is 24.0 Å². The normalized spacial score (nSPS) is 19.2. The number of carbonyl (C=O) groups excluding carboxylic acids is 2. The van der Waals surface area contributed by atoms with E-state index in [0.717, 1.165) is 22.4 Å². The Bertz CT molecular complexity index is 1810. The summed E-state index contributed by atoms with van der Waals surface area (Å²) in [5.74, 6) is 0.160. The summed E-state index contributed by atoms with van der Waals surface area (Å²) >= 11 is 0. The van der Waals surface area contributed by atoms with Gasteiger partial charge in [-0.3, -0.25) is 4.79 Å². The predicted molar refractivity (Wildman–Crippen MR) is 169 cm³/mol. The third kappa shape index (κ3) is 6.20. The first-order valence-electron chi connectivity index (χ1n) is 14.8. The van der Waals surface area contributed by atoms with E-state index in [0.29, 0.717) is 47.0 Å². The minimum atomic E-state index is -0.768. The van der Waals surface area contributed by atoms with Crippen molar-refractivity contribution in [3.05, 3.63) is 143 Å². The molecule has 1 aliphatic heterocycles. The van der Waals surface area contributed by atoms with Crippen LogP contribution in [0.3, 0.4) is 0 Å². The van der Waals surface area contributed by atoms with Crippen LogP contribution in [0, 0.1) is 17.2 Å². The number of ketones is 1. The Morgan fingerprint density at radius 1 is 1.02 bits per heavy atom. The van der Waals surface area contributed by atoms with E-state index < -0.39 is 11.8 Å². The largest absolute Gasteiger partial charge is 0.496 e. The number of rotatable bonds is 8. The summed E-state index contributed by atoms with van der Waals surface area (Å²) in [6, 6.07) is 30.2. The fraction of sp³-hybridized carbons (Fsp3) is 0.189. The summed E-state index contributed by atoms with van der Waals surface area (Å²) in [7, 11) is 1.59. The highest BCUT2D eigenvalue weighted by molar-refractivity contribution is 6.03. The monoisotopic (exact) mass is 597 g/mol. The number of H-pyrrole nitrogens is 1. The molecular weight excluding hydrogens is 564 g/mol. The zero-order valence-electron chi connectivity index (χ0n) is 24.9. The first-order chi connectivity index (χ1) is 21.9. The number of amides is 1. The lowest BCUT2D eigenvalue weighted by Crippen LogP contribution is -2.43. The van der Waals surface area contributed by atoms with Gasteiger partial charge in [-0.25, -0.2) is 15.1 Å². The molecule has 1 aliphatic carbocycles. The number of benzene rings is 3. The minimum Gasteiger partial charge on any atom is -0.496 e. The summed E-state index contributed by atoms with van der Waals surface area (Å²) in [5.41, 5.74) is 5.13. The second-order valence-electron chi connectivity index (χ2n) is 11.2. The summed E-state index contributed by atoms with van der Waals surface area (Å²) < 4.78 is 11.7. The van der Waals surface area contributed by atoms with Crippen molar-refractivity contribution in [2.45, 2.75) is 31.3 Å². The van der Waals surface area contributed by atoms with Crippen molar-refractivity contribution in [2.24, 2.45) is 5.92 Å². The first kappa shape index (κ1) is 29.4. The highest BCUT2D eigenvalue weighted by Gasteiger charge is 2.46. The number of nitrogens with one attached hydrogen (secondary N) is 3. The van der Waals surface area contributed by atoms with Gasteiger partial charge in [0.05, 0.1) is 24.9 Å². The molecule has 0 saturated heterocycles. The second kappa shape index (κ2) is 12.9. The van der Waals surface area contributed by atoms with Crippen LogP contribution in [-0.4, -0.2) is 18.8 Å². The SMILES string of the molecule is C=C1NC2=C(C(=O)CC(c3ccccc3)C2)C(c2ccc(OC)c(COc3ccc(C#N)cc3)c2)C1C(=O)Nc1cccc[nH+]1. The molecule has 3 N–H and O–H groups in total. The Morgan fingerprint density at radius 3 is 2.51 bits per heavy atom. The van der Waals surface area contributed by atoms with E-state index in [1.54, 1.807) is 43.6 Å². The maximum Gasteiger partial charge on any atom is 0.317 e. The number of hydrogen-bond donors (Lipinski definition) is 2. The molecule has 4 aromatic rings. The van der Waals surface area contributed by atoms with Crippen LogP contribution in [-0.2, 0) is 16.2 Å². The molecule has 3 atom stereocenters. The van der Waals surface area contributed by atoms with Gasteiger partial charge in [-0.1, -0.05) is 49.0 Å². The molecule has 3 unspecified atom stereocenters. The Kier molecular flexibility index (Phi) is 8.43. The number of carbonyl (C=O) groups is 2. The van der Waals surface area contributed by atoms with E-state index in [-0.39, 0.29) is 24.2 Å². The van der Waals surface area contributed by atoms with Crippen LogP contribution in [0.1, 0.15) is 46.9 Å². The van der Waals surface area contributed by atoms with Crippen LogP contribution in [0.4, 0.5) is 5.82 Å². The molecule has 2 heterocycles. The molecule has 0 spiro atoms. The number of anilines is 1. The third-order valence-electron chi connectivity index (χ3n) is 8.40. The van der Waals surface area contributed by atoms with Gasteiger partial charge in [0.25, 0.3) is 5.82 Å². The molecule has 0 bridgehead atoms. The third-order valence-corrected chi connectivity index (χ3v) is 8.40. The van der Waals surface area contributed by atoms with Crippen LogP contribution in [0.2, 0.25) is 0 Å². The van der Waals surface area contributed by atoms with Crippen LogP contribution in [0.25, 0.3) is 0 Å². The molecule has 0 radical (unpaired) electrons. The summed E-state index contributed by atoms with van der Waals surface area (Å²) in [6.45, 7) is 4.48.